The van der Waals surface area contributed by atoms with Gasteiger partial charge in [0.25, 0.3) is 0 Å². The summed E-state index contributed by atoms with van der Waals surface area (Å²) >= 11 is 0. The van der Waals surface area contributed by atoms with Gasteiger partial charge in [0.15, 0.2) is 0 Å². The minimum atomic E-state index is 0.0264. The van der Waals surface area contributed by atoms with Crippen LogP contribution in [0, 0.1) is 0 Å². The highest BCUT2D eigenvalue weighted by molar-refractivity contribution is 5.41. The van der Waals surface area contributed by atoms with E-state index in [1.807, 2.05) is 38.4 Å². The van der Waals surface area contributed by atoms with Gasteiger partial charge >= 0.3 is 0 Å². The van der Waals surface area contributed by atoms with Crippen LogP contribution >= 0.6 is 0 Å². The highest BCUT2D eigenvalue weighted by Gasteiger charge is 2.06. The molecule has 2 rings (SSSR count). The smallest absolute Gasteiger partial charge is 0.128 e. The summed E-state index contributed by atoms with van der Waals surface area (Å²) in [6.07, 6.45) is 5.44. The fourth-order valence-corrected chi connectivity index (χ4v) is 1.77. The third kappa shape index (κ3) is 3.05. The Hall–Kier alpha value is -1.94. The lowest BCUT2D eigenvalue weighted by Gasteiger charge is -2.19. The van der Waals surface area contributed by atoms with E-state index in [0.29, 0.717) is 0 Å². The molecular formula is C14H18N4. The maximum absolute atomic E-state index is 5.88. The normalized spacial score (nSPS) is 12.2. The average Bonchev–Trinajstić information content (AvgIpc) is 2.40. The Bertz CT molecular complexity index is 496. The van der Waals surface area contributed by atoms with Gasteiger partial charge in [-0.2, -0.15) is 0 Å². The Balaban J connectivity index is 2.14. The van der Waals surface area contributed by atoms with Crippen molar-refractivity contribution in [1.82, 2.24) is 9.97 Å². The van der Waals surface area contributed by atoms with E-state index >= 15 is 0 Å². The lowest BCUT2D eigenvalue weighted by Crippen LogP contribution is -2.18. The van der Waals surface area contributed by atoms with Gasteiger partial charge in [0.2, 0.25) is 0 Å². The summed E-state index contributed by atoms with van der Waals surface area (Å²) in [6.45, 7) is 2.75. The molecule has 2 aromatic rings. The van der Waals surface area contributed by atoms with E-state index in [2.05, 4.69) is 20.9 Å². The first-order valence-electron chi connectivity index (χ1n) is 5.98. The quantitative estimate of drug-likeness (QED) is 0.892. The predicted molar refractivity (Wildman–Crippen MR) is 73.2 cm³/mol. The minimum absolute atomic E-state index is 0.0264. The molecule has 0 aliphatic carbocycles. The van der Waals surface area contributed by atoms with Crippen LogP contribution in [0.3, 0.4) is 0 Å². The number of hydrogen-bond donors (Lipinski definition) is 1. The summed E-state index contributed by atoms with van der Waals surface area (Å²) < 4.78 is 0. The van der Waals surface area contributed by atoms with Crippen LogP contribution in [0.2, 0.25) is 0 Å². The van der Waals surface area contributed by atoms with Crippen molar-refractivity contribution in [3.05, 3.63) is 54.0 Å². The SMILES string of the molecule is C[C@@H](N)c1ccnc(N(C)Cc2cccnc2)c1. The van der Waals surface area contributed by atoms with Crippen LogP contribution in [0.4, 0.5) is 5.82 Å². The molecule has 0 aliphatic heterocycles. The fraction of sp³-hybridized carbons (Fsp3) is 0.286. The van der Waals surface area contributed by atoms with Crippen LogP contribution in [-0.2, 0) is 6.54 Å². The molecule has 94 valence electrons. The van der Waals surface area contributed by atoms with Gasteiger partial charge in [-0.15, -0.1) is 0 Å². The third-order valence-corrected chi connectivity index (χ3v) is 2.83. The monoisotopic (exact) mass is 242 g/mol. The number of hydrogen-bond acceptors (Lipinski definition) is 4. The Morgan fingerprint density at radius 3 is 2.83 bits per heavy atom. The minimum Gasteiger partial charge on any atom is -0.355 e. The van der Waals surface area contributed by atoms with Crippen molar-refractivity contribution in [3.8, 4) is 0 Å². The third-order valence-electron chi connectivity index (χ3n) is 2.83. The van der Waals surface area contributed by atoms with Crippen LogP contribution < -0.4 is 10.6 Å². The van der Waals surface area contributed by atoms with E-state index < -0.39 is 0 Å². The maximum atomic E-state index is 5.88. The Morgan fingerprint density at radius 1 is 1.33 bits per heavy atom. The van der Waals surface area contributed by atoms with Crippen LogP contribution in [0.5, 0.6) is 0 Å². The summed E-state index contributed by atoms with van der Waals surface area (Å²) in [4.78, 5) is 10.6. The highest BCUT2D eigenvalue weighted by atomic mass is 15.2. The molecule has 18 heavy (non-hydrogen) atoms. The molecule has 0 aliphatic rings. The zero-order chi connectivity index (χ0) is 13.0. The second-order valence-corrected chi connectivity index (χ2v) is 4.45. The molecule has 2 heterocycles. The van der Waals surface area contributed by atoms with Gasteiger partial charge in [0.05, 0.1) is 0 Å². The zero-order valence-electron chi connectivity index (χ0n) is 10.7. The number of pyridine rings is 2. The van der Waals surface area contributed by atoms with Crippen molar-refractivity contribution >= 4 is 5.82 Å². The van der Waals surface area contributed by atoms with Crippen molar-refractivity contribution in [3.63, 3.8) is 0 Å². The molecular weight excluding hydrogens is 224 g/mol. The summed E-state index contributed by atoms with van der Waals surface area (Å²) in [6, 6.07) is 8.00. The summed E-state index contributed by atoms with van der Waals surface area (Å²) in [5.74, 6) is 0.925. The fourth-order valence-electron chi connectivity index (χ4n) is 1.77. The van der Waals surface area contributed by atoms with Gasteiger partial charge in [-0.1, -0.05) is 6.07 Å². The molecule has 0 spiro atoms. The van der Waals surface area contributed by atoms with E-state index in [9.17, 15) is 0 Å². The molecule has 0 fully saturated rings. The second kappa shape index (κ2) is 5.60. The maximum Gasteiger partial charge on any atom is 0.128 e. The molecule has 2 N–H and O–H groups in total. The van der Waals surface area contributed by atoms with Gasteiger partial charge in [0.1, 0.15) is 5.82 Å². The highest BCUT2D eigenvalue weighted by Crippen LogP contribution is 2.17. The van der Waals surface area contributed by atoms with Crippen molar-refractivity contribution < 1.29 is 0 Å². The molecule has 0 saturated carbocycles. The Kier molecular flexibility index (Phi) is 3.89. The first kappa shape index (κ1) is 12.5. The molecule has 4 nitrogen and oxygen atoms in total. The van der Waals surface area contributed by atoms with Gasteiger partial charge in [-0.3, -0.25) is 4.98 Å². The Labute approximate surface area is 107 Å². The van der Waals surface area contributed by atoms with E-state index in [0.717, 1.165) is 23.5 Å². The largest absolute Gasteiger partial charge is 0.355 e. The van der Waals surface area contributed by atoms with E-state index in [1.54, 1.807) is 12.4 Å². The topological polar surface area (TPSA) is 55.0 Å². The van der Waals surface area contributed by atoms with Crippen LogP contribution in [-0.4, -0.2) is 17.0 Å². The van der Waals surface area contributed by atoms with Crippen LogP contribution in [0.15, 0.2) is 42.9 Å². The molecule has 4 heteroatoms. The molecule has 1 atom stereocenters. The Morgan fingerprint density at radius 2 is 2.17 bits per heavy atom. The molecule has 0 bridgehead atoms. The zero-order valence-corrected chi connectivity index (χ0v) is 10.7. The van der Waals surface area contributed by atoms with Gasteiger partial charge in [-0.05, 0) is 36.2 Å². The molecule has 2 aromatic heterocycles. The number of anilines is 1. The van der Waals surface area contributed by atoms with Crippen molar-refractivity contribution in [2.24, 2.45) is 5.73 Å². The van der Waals surface area contributed by atoms with Gasteiger partial charge in [0, 0.05) is 38.2 Å². The molecule has 0 saturated heterocycles. The lowest BCUT2D eigenvalue weighted by atomic mass is 10.1. The van der Waals surface area contributed by atoms with Gasteiger partial charge in [-0.25, -0.2) is 4.98 Å². The van der Waals surface area contributed by atoms with Crippen LogP contribution in [0.25, 0.3) is 0 Å². The molecule has 0 amide bonds. The van der Waals surface area contributed by atoms with E-state index in [-0.39, 0.29) is 6.04 Å². The molecule has 0 radical (unpaired) electrons. The van der Waals surface area contributed by atoms with Crippen molar-refractivity contribution in [2.75, 3.05) is 11.9 Å². The van der Waals surface area contributed by atoms with E-state index in [1.165, 1.54) is 0 Å². The summed E-state index contributed by atoms with van der Waals surface area (Å²) in [5, 5.41) is 0. The van der Waals surface area contributed by atoms with Crippen LogP contribution in [0.1, 0.15) is 24.1 Å². The lowest BCUT2D eigenvalue weighted by molar-refractivity contribution is 0.809. The number of aromatic nitrogens is 2. The summed E-state index contributed by atoms with van der Waals surface area (Å²) in [5.41, 5.74) is 8.13. The first-order valence-corrected chi connectivity index (χ1v) is 5.98. The predicted octanol–water partition coefficient (Wildman–Crippen LogP) is 2.13. The van der Waals surface area contributed by atoms with Crippen molar-refractivity contribution in [2.45, 2.75) is 19.5 Å². The summed E-state index contributed by atoms with van der Waals surface area (Å²) in [7, 11) is 2.01. The van der Waals surface area contributed by atoms with Gasteiger partial charge < -0.3 is 10.6 Å². The van der Waals surface area contributed by atoms with E-state index in [4.69, 9.17) is 5.73 Å². The standard InChI is InChI=1S/C14H18N4/c1-11(15)13-5-7-17-14(8-13)18(2)10-12-4-3-6-16-9-12/h3-9,11H,10,15H2,1-2H3/t11-/m1/s1. The average molecular weight is 242 g/mol. The molecule has 0 unspecified atom stereocenters. The first-order chi connectivity index (χ1) is 8.66. The number of rotatable bonds is 4. The van der Waals surface area contributed by atoms with Crippen molar-refractivity contribution in [1.29, 1.82) is 0 Å². The number of nitrogens with zero attached hydrogens (tertiary/aromatic N) is 3. The second-order valence-electron chi connectivity index (χ2n) is 4.45. The molecule has 0 aromatic carbocycles. The number of nitrogens with two attached hydrogens (primary N) is 1.